The normalized spacial score (nSPS) is 9.80. The van der Waals surface area contributed by atoms with Gasteiger partial charge in [0.05, 0.1) is 17.4 Å². The van der Waals surface area contributed by atoms with Crippen LogP contribution in [0.4, 0.5) is 5.69 Å². The van der Waals surface area contributed by atoms with Crippen molar-refractivity contribution in [1.82, 2.24) is 0 Å². The van der Waals surface area contributed by atoms with Crippen LogP contribution in [0, 0.1) is 11.3 Å². The van der Waals surface area contributed by atoms with Crippen LogP contribution in [-0.2, 0) is 4.79 Å². The molecule has 0 heterocycles. The molecule has 0 saturated heterocycles. The van der Waals surface area contributed by atoms with Crippen molar-refractivity contribution in [1.29, 1.82) is 5.26 Å². The summed E-state index contributed by atoms with van der Waals surface area (Å²) in [5.74, 6) is 0.193. The summed E-state index contributed by atoms with van der Waals surface area (Å²) in [6, 6.07) is 16.2. The average Bonchev–Trinajstić information content (AvgIpc) is 2.47. The fourth-order valence-electron chi connectivity index (χ4n) is 1.54. The first-order valence-corrected chi connectivity index (χ1v) is 7.22. The lowest BCUT2D eigenvalue weighted by Gasteiger charge is -2.05. The van der Waals surface area contributed by atoms with Gasteiger partial charge in [-0.1, -0.05) is 17.7 Å². The molecule has 0 atom stereocenters. The van der Waals surface area contributed by atoms with Gasteiger partial charge in [0.1, 0.15) is 0 Å². The second-order valence-electron chi connectivity index (χ2n) is 3.98. The quantitative estimate of drug-likeness (QED) is 0.870. The Bertz CT molecular complexity index is 650. The molecule has 2 aromatic carbocycles. The highest BCUT2D eigenvalue weighted by Gasteiger charge is 2.04. The molecule has 0 aliphatic rings. The number of benzene rings is 2. The van der Waals surface area contributed by atoms with Gasteiger partial charge in [-0.05, 0) is 42.5 Å². The molecular weight excluding hydrogens is 292 g/mol. The summed E-state index contributed by atoms with van der Waals surface area (Å²) >= 11 is 7.23. The van der Waals surface area contributed by atoms with E-state index in [1.54, 1.807) is 36.4 Å². The third kappa shape index (κ3) is 4.30. The Hall–Kier alpha value is -1.96. The van der Waals surface area contributed by atoms with Crippen LogP contribution in [0.2, 0.25) is 5.02 Å². The number of nitrogens with zero attached hydrogens (tertiary/aromatic N) is 1. The van der Waals surface area contributed by atoms with Crippen molar-refractivity contribution in [2.45, 2.75) is 4.90 Å². The van der Waals surface area contributed by atoms with E-state index in [9.17, 15) is 4.79 Å². The number of halogens is 1. The molecule has 0 aliphatic carbocycles. The Morgan fingerprint density at radius 1 is 1.25 bits per heavy atom. The van der Waals surface area contributed by atoms with E-state index in [2.05, 4.69) is 5.32 Å². The van der Waals surface area contributed by atoms with Crippen LogP contribution in [0.25, 0.3) is 0 Å². The zero-order chi connectivity index (χ0) is 14.4. The molecule has 3 nitrogen and oxygen atoms in total. The number of thioether (sulfide) groups is 1. The minimum absolute atomic E-state index is 0.111. The average molecular weight is 303 g/mol. The van der Waals surface area contributed by atoms with Crippen molar-refractivity contribution >= 4 is 35.0 Å². The molecule has 20 heavy (non-hydrogen) atoms. The highest BCUT2D eigenvalue weighted by molar-refractivity contribution is 8.00. The number of nitrogens with one attached hydrogen (secondary N) is 1. The number of amides is 1. The van der Waals surface area contributed by atoms with Crippen molar-refractivity contribution in [3.8, 4) is 6.07 Å². The van der Waals surface area contributed by atoms with Gasteiger partial charge in [-0.2, -0.15) is 5.26 Å². The third-order valence-corrected chi connectivity index (χ3v) is 3.72. The standard InChI is InChI=1S/C15H11ClN2OS/c16-12-4-6-14(7-5-12)20-10-15(19)18-13-3-1-2-11(8-13)9-17/h1-8H,10H2,(H,18,19). The molecule has 0 fully saturated rings. The SMILES string of the molecule is N#Cc1cccc(NC(=O)CSc2ccc(Cl)cc2)c1. The zero-order valence-corrected chi connectivity index (χ0v) is 12.0. The van der Waals surface area contributed by atoms with Gasteiger partial charge >= 0.3 is 0 Å². The van der Waals surface area contributed by atoms with E-state index < -0.39 is 0 Å². The maximum atomic E-state index is 11.8. The van der Waals surface area contributed by atoms with Gasteiger partial charge in [0.25, 0.3) is 0 Å². The fourth-order valence-corrected chi connectivity index (χ4v) is 2.37. The molecule has 2 aromatic rings. The Morgan fingerprint density at radius 2 is 2.00 bits per heavy atom. The lowest BCUT2D eigenvalue weighted by molar-refractivity contribution is -0.113. The van der Waals surface area contributed by atoms with E-state index in [-0.39, 0.29) is 5.91 Å². The van der Waals surface area contributed by atoms with Crippen LogP contribution in [0.15, 0.2) is 53.4 Å². The van der Waals surface area contributed by atoms with E-state index in [1.165, 1.54) is 11.8 Å². The molecule has 0 spiro atoms. The van der Waals surface area contributed by atoms with Crippen molar-refractivity contribution in [2.75, 3.05) is 11.1 Å². The van der Waals surface area contributed by atoms with Gasteiger partial charge in [0, 0.05) is 15.6 Å². The third-order valence-electron chi connectivity index (χ3n) is 2.46. The summed E-state index contributed by atoms with van der Waals surface area (Å²) < 4.78 is 0. The van der Waals surface area contributed by atoms with Gasteiger partial charge in [0.2, 0.25) is 5.91 Å². The van der Waals surface area contributed by atoms with E-state index in [0.29, 0.717) is 22.0 Å². The number of rotatable bonds is 4. The second-order valence-corrected chi connectivity index (χ2v) is 5.47. The molecule has 2 rings (SSSR count). The first-order valence-electron chi connectivity index (χ1n) is 5.86. The first kappa shape index (κ1) is 14.4. The number of carbonyl (C=O) groups excluding carboxylic acids is 1. The molecule has 0 bridgehead atoms. The molecule has 5 heteroatoms. The number of hydrogen-bond donors (Lipinski definition) is 1. The molecule has 0 radical (unpaired) electrons. The second kappa shape index (κ2) is 6.99. The van der Waals surface area contributed by atoms with Crippen LogP contribution in [0.3, 0.4) is 0 Å². The smallest absolute Gasteiger partial charge is 0.234 e. The van der Waals surface area contributed by atoms with E-state index >= 15 is 0 Å². The summed E-state index contributed by atoms with van der Waals surface area (Å²) in [4.78, 5) is 12.8. The van der Waals surface area contributed by atoms with E-state index in [1.807, 2.05) is 18.2 Å². The van der Waals surface area contributed by atoms with Gasteiger partial charge < -0.3 is 5.32 Å². The molecule has 0 aromatic heterocycles. The maximum absolute atomic E-state index is 11.8. The molecule has 0 saturated carbocycles. The lowest BCUT2D eigenvalue weighted by Crippen LogP contribution is -2.13. The summed E-state index contributed by atoms with van der Waals surface area (Å²) in [6.07, 6.45) is 0. The highest BCUT2D eigenvalue weighted by atomic mass is 35.5. The van der Waals surface area contributed by atoms with Crippen molar-refractivity contribution in [2.24, 2.45) is 0 Å². The molecule has 100 valence electrons. The van der Waals surface area contributed by atoms with Gasteiger partial charge in [-0.3, -0.25) is 4.79 Å². The molecule has 1 amide bonds. The van der Waals surface area contributed by atoms with Crippen molar-refractivity contribution < 1.29 is 4.79 Å². The van der Waals surface area contributed by atoms with E-state index in [4.69, 9.17) is 16.9 Å². The zero-order valence-electron chi connectivity index (χ0n) is 10.5. The summed E-state index contributed by atoms with van der Waals surface area (Å²) in [7, 11) is 0. The largest absolute Gasteiger partial charge is 0.325 e. The Balaban J connectivity index is 1.89. The first-order chi connectivity index (χ1) is 9.67. The highest BCUT2D eigenvalue weighted by Crippen LogP contribution is 2.20. The summed E-state index contributed by atoms with van der Waals surface area (Å²) in [5.41, 5.74) is 1.15. The van der Waals surface area contributed by atoms with Crippen LogP contribution in [0.5, 0.6) is 0 Å². The number of anilines is 1. The molecule has 1 N–H and O–H groups in total. The number of nitriles is 1. The predicted molar refractivity (Wildman–Crippen MR) is 82.0 cm³/mol. The van der Waals surface area contributed by atoms with Gasteiger partial charge in [-0.25, -0.2) is 0 Å². The number of hydrogen-bond acceptors (Lipinski definition) is 3. The van der Waals surface area contributed by atoms with Crippen LogP contribution < -0.4 is 5.32 Å². The Morgan fingerprint density at radius 3 is 2.70 bits per heavy atom. The van der Waals surface area contributed by atoms with Gasteiger partial charge in [-0.15, -0.1) is 11.8 Å². The summed E-state index contributed by atoms with van der Waals surface area (Å²) in [5, 5.41) is 12.2. The minimum atomic E-state index is -0.111. The van der Waals surface area contributed by atoms with Crippen LogP contribution in [0.1, 0.15) is 5.56 Å². The number of carbonyl (C=O) groups is 1. The Labute approximate surface area is 126 Å². The minimum Gasteiger partial charge on any atom is -0.325 e. The topological polar surface area (TPSA) is 52.9 Å². The Kier molecular flexibility index (Phi) is 5.05. The van der Waals surface area contributed by atoms with E-state index in [0.717, 1.165) is 4.90 Å². The monoisotopic (exact) mass is 302 g/mol. The molecule has 0 aliphatic heterocycles. The summed E-state index contributed by atoms with van der Waals surface area (Å²) in [6.45, 7) is 0. The molecule has 0 unspecified atom stereocenters. The fraction of sp³-hybridized carbons (Fsp3) is 0.0667. The van der Waals surface area contributed by atoms with Crippen LogP contribution in [-0.4, -0.2) is 11.7 Å². The maximum Gasteiger partial charge on any atom is 0.234 e. The van der Waals surface area contributed by atoms with Crippen LogP contribution >= 0.6 is 23.4 Å². The lowest BCUT2D eigenvalue weighted by atomic mass is 10.2. The van der Waals surface area contributed by atoms with Crippen molar-refractivity contribution in [3.63, 3.8) is 0 Å². The van der Waals surface area contributed by atoms with Gasteiger partial charge in [0.15, 0.2) is 0 Å². The predicted octanol–water partition coefficient (Wildman–Crippen LogP) is 3.94. The van der Waals surface area contributed by atoms with Crippen molar-refractivity contribution in [3.05, 3.63) is 59.1 Å². The molecular formula is C15H11ClN2OS.